The Hall–Kier alpha value is -1.66. The van der Waals surface area contributed by atoms with Crippen LogP contribution in [0, 0.1) is 0 Å². The van der Waals surface area contributed by atoms with Gasteiger partial charge >= 0.3 is 0 Å². The van der Waals surface area contributed by atoms with Crippen LogP contribution in [0.2, 0.25) is 0 Å². The second kappa shape index (κ2) is 10.1. The van der Waals surface area contributed by atoms with Crippen molar-refractivity contribution in [2.24, 2.45) is 0 Å². The van der Waals surface area contributed by atoms with Gasteiger partial charge in [0.15, 0.2) is 0 Å². The van der Waals surface area contributed by atoms with Gasteiger partial charge in [-0.3, -0.25) is 4.79 Å². The van der Waals surface area contributed by atoms with Crippen molar-refractivity contribution >= 4 is 11.7 Å². The summed E-state index contributed by atoms with van der Waals surface area (Å²) in [7, 11) is 5.76. The molecule has 0 saturated heterocycles. The summed E-state index contributed by atoms with van der Waals surface area (Å²) in [6.45, 7) is 3.16. The van der Waals surface area contributed by atoms with E-state index in [9.17, 15) is 4.79 Å². The van der Waals surface area contributed by atoms with Crippen LogP contribution in [0.4, 0.5) is 5.82 Å². The molecule has 1 aromatic rings. The molecule has 0 aliphatic rings. The molecular weight excluding hydrogens is 268 g/mol. The summed E-state index contributed by atoms with van der Waals surface area (Å²) in [6.07, 6.45) is 3.46. The average Bonchev–Trinajstić information content (AvgIpc) is 2.48. The molecule has 6 nitrogen and oxygen atoms in total. The Morgan fingerprint density at radius 2 is 2.10 bits per heavy atom. The van der Waals surface area contributed by atoms with Crippen LogP contribution in [0.15, 0.2) is 18.3 Å². The molecule has 0 spiro atoms. The van der Waals surface area contributed by atoms with Gasteiger partial charge in [0.25, 0.3) is 5.91 Å². The fourth-order valence-electron chi connectivity index (χ4n) is 1.76. The lowest BCUT2D eigenvalue weighted by Crippen LogP contribution is -2.25. The molecule has 1 amide bonds. The van der Waals surface area contributed by atoms with E-state index in [2.05, 4.69) is 34.6 Å². The fraction of sp³-hybridized carbons (Fsp3) is 0.600. The lowest BCUT2D eigenvalue weighted by atomic mass is 10.2. The third-order valence-electron chi connectivity index (χ3n) is 2.92. The molecule has 0 atom stereocenters. The van der Waals surface area contributed by atoms with Crippen LogP contribution >= 0.6 is 0 Å². The predicted octanol–water partition coefficient (Wildman–Crippen LogP) is 1.21. The Morgan fingerprint density at radius 3 is 2.71 bits per heavy atom. The van der Waals surface area contributed by atoms with Crippen molar-refractivity contribution in [1.82, 2.24) is 15.2 Å². The van der Waals surface area contributed by atoms with Gasteiger partial charge in [0, 0.05) is 33.0 Å². The zero-order valence-corrected chi connectivity index (χ0v) is 13.2. The number of ether oxygens (including phenoxy) is 1. The topological polar surface area (TPSA) is 66.5 Å². The summed E-state index contributed by atoms with van der Waals surface area (Å²) >= 11 is 0. The lowest BCUT2D eigenvalue weighted by molar-refractivity contribution is 0.0948. The largest absolute Gasteiger partial charge is 0.385 e. The highest BCUT2D eigenvalue weighted by atomic mass is 16.5. The number of aromatic nitrogens is 1. The summed E-state index contributed by atoms with van der Waals surface area (Å²) in [4.78, 5) is 18.2. The fourth-order valence-corrected chi connectivity index (χ4v) is 1.76. The second-order valence-corrected chi connectivity index (χ2v) is 5.12. The number of nitrogens with one attached hydrogen (secondary N) is 2. The molecule has 118 valence electrons. The summed E-state index contributed by atoms with van der Waals surface area (Å²) in [5.41, 5.74) is 0.575. The minimum atomic E-state index is -0.0993. The van der Waals surface area contributed by atoms with Crippen LogP contribution in [0.25, 0.3) is 0 Å². The number of nitrogens with zero attached hydrogens (tertiary/aromatic N) is 2. The van der Waals surface area contributed by atoms with Crippen molar-refractivity contribution in [3.8, 4) is 0 Å². The molecule has 0 unspecified atom stereocenters. The van der Waals surface area contributed by atoms with Crippen LogP contribution < -0.4 is 10.6 Å². The van der Waals surface area contributed by atoms with Crippen molar-refractivity contribution in [1.29, 1.82) is 0 Å². The van der Waals surface area contributed by atoms with Crippen LogP contribution in [0.1, 0.15) is 23.2 Å². The van der Waals surface area contributed by atoms with E-state index in [0.29, 0.717) is 18.7 Å². The molecule has 0 aliphatic carbocycles. The molecule has 0 bridgehead atoms. The maximum absolute atomic E-state index is 11.8. The molecule has 1 rings (SSSR count). The summed E-state index contributed by atoms with van der Waals surface area (Å²) < 4.78 is 4.93. The van der Waals surface area contributed by atoms with E-state index in [1.54, 1.807) is 19.4 Å². The highest BCUT2D eigenvalue weighted by molar-refractivity contribution is 5.93. The Kier molecular flexibility index (Phi) is 8.38. The van der Waals surface area contributed by atoms with Crippen molar-refractivity contribution in [3.63, 3.8) is 0 Å². The maximum Gasteiger partial charge on any atom is 0.252 e. The number of hydrogen-bond acceptors (Lipinski definition) is 5. The molecule has 0 fully saturated rings. The van der Waals surface area contributed by atoms with Gasteiger partial charge in [0.2, 0.25) is 0 Å². The maximum atomic E-state index is 11.8. The highest BCUT2D eigenvalue weighted by Crippen LogP contribution is 2.05. The van der Waals surface area contributed by atoms with Crippen molar-refractivity contribution in [3.05, 3.63) is 23.9 Å². The summed E-state index contributed by atoms with van der Waals surface area (Å²) in [5.74, 6) is 0.697. The van der Waals surface area contributed by atoms with Crippen LogP contribution in [-0.4, -0.2) is 63.2 Å². The first kappa shape index (κ1) is 17.4. The number of carbonyl (C=O) groups excluding carboxylic acids is 1. The molecule has 2 N–H and O–H groups in total. The monoisotopic (exact) mass is 294 g/mol. The van der Waals surface area contributed by atoms with E-state index in [0.717, 1.165) is 31.7 Å². The third-order valence-corrected chi connectivity index (χ3v) is 2.92. The predicted molar refractivity (Wildman–Crippen MR) is 84.7 cm³/mol. The Labute approximate surface area is 126 Å². The number of pyridine rings is 1. The summed E-state index contributed by atoms with van der Waals surface area (Å²) in [5, 5.41) is 6.07. The smallest absolute Gasteiger partial charge is 0.252 e. The van der Waals surface area contributed by atoms with Gasteiger partial charge in [0.1, 0.15) is 5.82 Å². The van der Waals surface area contributed by atoms with E-state index < -0.39 is 0 Å². The first-order chi connectivity index (χ1) is 10.1. The Morgan fingerprint density at radius 1 is 1.29 bits per heavy atom. The highest BCUT2D eigenvalue weighted by Gasteiger charge is 2.05. The summed E-state index contributed by atoms with van der Waals surface area (Å²) in [6, 6.07) is 3.62. The molecular formula is C15H26N4O2. The van der Waals surface area contributed by atoms with E-state index in [1.165, 1.54) is 0 Å². The van der Waals surface area contributed by atoms with Crippen LogP contribution in [-0.2, 0) is 4.74 Å². The molecule has 0 aliphatic heterocycles. The Balaban J connectivity index is 2.30. The minimum absolute atomic E-state index is 0.0993. The van der Waals surface area contributed by atoms with Crippen LogP contribution in [0.5, 0.6) is 0 Å². The van der Waals surface area contributed by atoms with E-state index >= 15 is 0 Å². The standard InChI is InChI=1S/C15H26N4O2/c1-19(2)10-4-8-16-14-7-6-13(12-18-14)15(20)17-9-5-11-21-3/h6-7,12H,4-5,8-11H2,1-3H3,(H,16,18)(H,17,20). The van der Waals surface area contributed by atoms with E-state index in [4.69, 9.17) is 4.74 Å². The van der Waals surface area contributed by atoms with Gasteiger partial charge in [0.05, 0.1) is 5.56 Å². The Bertz CT molecular complexity index is 407. The van der Waals surface area contributed by atoms with Gasteiger partial charge in [-0.25, -0.2) is 4.98 Å². The molecule has 0 radical (unpaired) electrons. The number of hydrogen-bond donors (Lipinski definition) is 2. The van der Waals surface area contributed by atoms with Gasteiger partial charge < -0.3 is 20.3 Å². The third kappa shape index (κ3) is 7.63. The first-order valence-electron chi connectivity index (χ1n) is 7.25. The average molecular weight is 294 g/mol. The number of carbonyl (C=O) groups is 1. The second-order valence-electron chi connectivity index (χ2n) is 5.12. The molecule has 0 saturated carbocycles. The molecule has 21 heavy (non-hydrogen) atoms. The van der Waals surface area contributed by atoms with Crippen molar-refractivity contribution in [2.45, 2.75) is 12.8 Å². The van der Waals surface area contributed by atoms with E-state index in [-0.39, 0.29) is 5.91 Å². The van der Waals surface area contributed by atoms with E-state index in [1.807, 2.05) is 6.07 Å². The lowest BCUT2D eigenvalue weighted by Gasteiger charge is -2.10. The number of anilines is 1. The SMILES string of the molecule is COCCCNC(=O)c1ccc(NCCCN(C)C)nc1. The first-order valence-corrected chi connectivity index (χ1v) is 7.25. The zero-order chi connectivity index (χ0) is 15.5. The molecule has 0 aromatic carbocycles. The number of rotatable bonds is 10. The number of amides is 1. The molecule has 1 aromatic heterocycles. The van der Waals surface area contributed by atoms with Gasteiger partial charge in [-0.15, -0.1) is 0 Å². The normalized spacial score (nSPS) is 10.7. The quantitative estimate of drug-likeness (QED) is 0.635. The van der Waals surface area contributed by atoms with Gasteiger partial charge in [-0.1, -0.05) is 0 Å². The minimum Gasteiger partial charge on any atom is -0.385 e. The van der Waals surface area contributed by atoms with Gasteiger partial charge in [-0.05, 0) is 45.6 Å². The molecule has 6 heteroatoms. The van der Waals surface area contributed by atoms with Gasteiger partial charge in [-0.2, -0.15) is 0 Å². The van der Waals surface area contributed by atoms with Crippen molar-refractivity contribution < 1.29 is 9.53 Å². The number of methoxy groups -OCH3 is 1. The van der Waals surface area contributed by atoms with Crippen LogP contribution in [0.3, 0.4) is 0 Å². The van der Waals surface area contributed by atoms with Crippen molar-refractivity contribution in [2.75, 3.05) is 52.8 Å². The molecule has 1 heterocycles. The zero-order valence-electron chi connectivity index (χ0n) is 13.2.